The van der Waals surface area contributed by atoms with Crippen LogP contribution in [0.15, 0.2) is 0 Å². The van der Waals surface area contributed by atoms with Crippen LogP contribution in [0.2, 0.25) is 0 Å². The van der Waals surface area contributed by atoms with Gasteiger partial charge in [0.15, 0.2) is 0 Å². The molecule has 0 amide bonds. The molecule has 0 spiro atoms. The van der Waals surface area contributed by atoms with Gasteiger partial charge < -0.3 is 19.0 Å². The van der Waals surface area contributed by atoms with Crippen LogP contribution in [0.1, 0.15) is 21.3 Å². The van der Waals surface area contributed by atoms with E-state index in [9.17, 15) is 0 Å². The zero-order chi connectivity index (χ0) is 5.15. The molecule has 0 rings (SSSR count). The van der Waals surface area contributed by atoms with E-state index in [0.29, 0.717) is 6.04 Å². The normalized spacial score (nSPS) is 8.25. The molecule has 0 bridgehead atoms. The summed E-state index contributed by atoms with van der Waals surface area (Å²) in [7, 11) is 7.12. The molecule has 1 radical (unpaired) electrons. The van der Waals surface area contributed by atoms with Crippen LogP contribution in [0.25, 0.3) is 0 Å². The van der Waals surface area contributed by atoms with Crippen molar-refractivity contribution in [2.75, 3.05) is 0 Å². The van der Waals surface area contributed by atoms with Crippen molar-refractivity contribution in [1.29, 1.82) is 0 Å². The Hall–Kier alpha value is 1.06. The zero-order valence-electron chi connectivity index (χ0n) is 5.02. The van der Waals surface area contributed by atoms with E-state index < -0.39 is 0 Å². The first-order valence-corrected chi connectivity index (χ1v) is 2.05. The van der Waals surface area contributed by atoms with E-state index >= 15 is 0 Å². The van der Waals surface area contributed by atoms with Crippen molar-refractivity contribution < 1.29 is 32.7 Å². The maximum absolute atomic E-state index is 3.56. The third kappa shape index (κ3) is 10.1. The molecule has 2 heteroatoms. The Bertz CT molecular complexity index is 29.5. The molecule has 0 unspecified atom stereocenters. The van der Waals surface area contributed by atoms with Gasteiger partial charge in [-0.05, 0) is 6.04 Å². The summed E-state index contributed by atoms with van der Waals surface area (Å²) in [6.07, 6.45) is 0. The third-order valence-corrected chi connectivity index (χ3v) is 0.730. The maximum atomic E-state index is 3.56. The molecule has 0 atom stereocenters. The van der Waals surface area contributed by atoms with Crippen LogP contribution >= 0.6 is 0 Å². The van der Waals surface area contributed by atoms with E-state index in [0.717, 1.165) is 0 Å². The van der Waals surface area contributed by atoms with Crippen molar-refractivity contribution in [3.05, 3.63) is 14.1 Å². The first-order valence-electron chi connectivity index (χ1n) is 2.05. The first-order chi connectivity index (χ1) is 2.64. The fourth-order valence-electron chi connectivity index (χ4n) is 0. The van der Waals surface area contributed by atoms with E-state index in [2.05, 4.69) is 14.1 Å². The van der Waals surface area contributed by atoms with Gasteiger partial charge in [0.05, 0.1) is 0 Å². The van der Waals surface area contributed by atoms with E-state index in [-0.39, 0.29) is 40.1 Å². The van der Waals surface area contributed by atoms with Crippen molar-refractivity contribution in [2.45, 2.75) is 27.3 Å². The van der Waals surface area contributed by atoms with Gasteiger partial charge >= 0.3 is 0 Å². The van der Waals surface area contributed by atoms with Crippen molar-refractivity contribution in [1.82, 2.24) is 4.90 Å². The molecule has 0 aliphatic carbocycles. The van der Waals surface area contributed by atoms with Crippen LogP contribution in [0, 0.1) is 14.1 Å². The van der Waals surface area contributed by atoms with Crippen LogP contribution in [-0.4, -0.2) is 10.9 Å². The first kappa shape index (κ1) is 16.0. The molecular formula is C6H15NY-2. The number of hydrogen-bond donors (Lipinski definition) is 0. The predicted molar refractivity (Wildman–Crippen MR) is 34.4 cm³/mol. The molecule has 0 saturated carbocycles. The van der Waals surface area contributed by atoms with Gasteiger partial charge in [-0.15, -0.1) is 0 Å². The largest absolute Gasteiger partial charge is 0.608 e. The molecular weight excluding hydrogens is 175 g/mol. The second-order valence-corrected chi connectivity index (χ2v) is 1.68. The average Bonchev–Trinajstić information content (AvgIpc) is 1.36. The van der Waals surface area contributed by atoms with Gasteiger partial charge in [-0.25, -0.2) is 0 Å². The summed E-state index contributed by atoms with van der Waals surface area (Å²) in [5.74, 6) is 0. The standard InChI is InChI=1S/C5H11N.CH4.Y/c1-5(2)6(3)4;;/h5H,3-4H2,1-2H3;1H4;/q-2;;. The summed E-state index contributed by atoms with van der Waals surface area (Å²) < 4.78 is 0. The van der Waals surface area contributed by atoms with Gasteiger partial charge in [0.25, 0.3) is 0 Å². The minimum Gasteiger partial charge on any atom is -0.608 e. The molecule has 0 aromatic rings. The Morgan fingerprint density at radius 3 is 1.38 bits per heavy atom. The molecule has 8 heavy (non-hydrogen) atoms. The molecule has 0 aromatic heterocycles. The average molecular weight is 190 g/mol. The summed E-state index contributed by atoms with van der Waals surface area (Å²) >= 11 is 0. The second kappa shape index (κ2) is 8.06. The SMILES string of the molecule is C.[CH2-]N([CH2-])C(C)C.[Y]. The van der Waals surface area contributed by atoms with E-state index in [1.165, 1.54) is 0 Å². The monoisotopic (exact) mass is 190 g/mol. The van der Waals surface area contributed by atoms with Crippen LogP contribution in [0.5, 0.6) is 0 Å². The van der Waals surface area contributed by atoms with Crippen molar-refractivity contribution in [3.8, 4) is 0 Å². The summed E-state index contributed by atoms with van der Waals surface area (Å²) in [5.41, 5.74) is 0. The maximum Gasteiger partial charge on any atom is 0 e. The summed E-state index contributed by atoms with van der Waals surface area (Å²) in [6, 6.07) is 0.463. The van der Waals surface area contributed by atoms with Gasteiger partial charge in [0, 0.05) is 32.7 Å². The van der Waals surface area contributed by atoms with Crippen molar-refractivity contribution >= 4 is 0 Å². The van der Waals surface area contributed by atoms with Crippen LogP contribution in [-0.2, 0) is 32.7 Å². The van der Waals surface area contributed by atoms with Gasteiger partial charge in [-0.3, -0.25) is 0 Å². The Labute approximate surface area is 78.7 Å². The Kier molecular flexibility index (Phi) is 16.2. The Morgan fingerprint density at radius 1 is 1.25 bits per heavy atom. The predicted octanol–water partition coefficient (Wildman–Crippen LogP) is 1.91. The molecule has 1 nitrogen and oxygen atoms in total. The van der Waals surface area contributed by atoms with E-state index in [4.69, 9.17) is 0 Å². The zero-order valence-corrected chi connectivity index (χ0v) is 7.85. The molecule has 0 aromatic carbocycles. The molecule has 0 saturated heterocycles. The summed E-state index contributed by atoms with van der Waals surface area (Å²) in [4.78, 5) is 1.67. The minimum absolute atomic E-state index is 0. The Morgan fingerprint density at radius 2 is 1.38 bits per heavy atom. The molecule has 0 N–H and O–H groups in total. The van der Waals surface area contributed by atoms with Crippen LogP contribution in [0.4, 0.5) is 0 Å². The van der Waals surface area contributed by atoms with Crippen LogP contribution < -0.4 is 0 Å². The summed E-state index contributed by atoms with van der Waals surface area (Å²) in [5, 5.41) is 0. The molecule has 0 heterocycles. The fourth-order valence-corrected chi connectivity index (χ4v) is 0. The molecule has 0 aliphatic heterocycles. The van der Waals surface area contributed by atoms with Gasteiger partial charge in [-0.2, -0.15) is 0 Å². The van der Waals surface area contributed by atoms with E-state index in [1.807, 2.05) is 13.8 Å². The van der Waals surface area contributed by atoms with Gasteiger partial charge in [0.2, 0.25) is 0 Å². The third-order valence-electron chi connectivity index (χ3n) is 0.730. The topological polar surface area (TPSA) is 3.24 Å². The molecule has 0 fully saturated rings. The van der Waals surface area contributed by atoms with Crippen molar-refractivity contribution in [3.63, 3.8) is 0 Å². The fraction of sp³-hybridized carbons (Fsp3) is 0.667. The van der Waals surface area contributed by atoms with Crippen LogP contribution in [0.3, 0.4) is 0 Å². The van der Waals surface area contributed by atoms with Gasteiger partial charge in [-0.1, -0.05) is 21.3 Å². The minimum atomic E-state index is 0. The molecule has 0 aliphatic rings. The van der Waals surface area contributed by atoms with Gasteiger partial charge in [0.1, 0.15) is 0 Å². The summed E-state index contributed by atoms with van der Waals surface area (Å²) in [6.45, 7) is 4.08. The molecule has 49 valence electrons. The number of hydrogen-bond acceptors (Lipinski definition) is 1. The van der Waals surface area contributed by atoms with Crippen molar-refractivity contribution in [2.24, 2.45) is 0 Å². The number of nitrogens with zero attached hydrogens (tertiary/aromatic N) is 1. The quantitative estimate of drug-likeness (QED) is 0.571. The number of rotatable bonds is 1. The smallest absolute Gasteiger partial charge is 0 e. The van der Waals surface area contributed by atoms with E-state index in [1.54, 1.807) is 4.90 Å². The Balaban J connectivity index is -0.000000125. The second-order valence-electron chi connectivity index (χ2n) is 1.68.